The van der Waals surface area contributed by atoms with E-state index in [9.17, 15) is 0 Å². The van der Waals surface area contributed by atoms with E-state index in [1.807, 2.05) is 12.3 Å². The molecule has 0 aliphatic rings. The molecule has 3 heterocycles. The Morgan fingerprint density at radius 3 is 2.00 bits per heavy atom. The van der Waals surface area contributed by atoms with Gasteiger partial charge in [-0.15, -0.1) is 47.0 Å². The molecule has 0 aliphatic heterocycles. The van der Waals surface area contributed by atoms with Gasteiger partial charge in [-0.25, -0.2) is 0 Å². The van der Waals surface area contributed by atoms with Gasteiger partial charge in [-0.05, 0) is 71.1 Å². The van der Waals surface area contributed by atoms with Gasteiger partial charge in [0, 0.05) is 37.9 Å². The molecule has 3 nitrogen and oxygen atoms in total. The second kappa shape index (κ2) is 17.5. The van der Waals surface area contributed by atoms with E-state index in [1.165, 1.54) is 44.1 Å². The number of furan rings is 1. The van der Waals surface area contributed by atoms with E-state index in [-0.39, 0.29) is 20.1 Å². The minimum Gasteiger partial charge on any atom is -0.501 e. The smallest absolute Gasteiger partial charge is 0.121 e. The molecule has 0 atom stereocenters. The number of fused-ring (bicyclic) bond motifs is 3. The molecule has 1 radical (unpaired) electrons. The molecule has 0 saturated carbocycles. The summed E-state index contributed by atoms with van der Waals surface area (Å²) in [7, 11) is -1.35. The van der Waals surface area contributed by atoms with Crippen molar-refractivity contribution in [1.29, 1.82) is 0 Å². The van der Waals surface area contributed by atoms with Gasteiger partial charge in [-0.2, -0.15) is 0 Å². The Hall–Kier alpha value is -4.93. The molecule has 5 heteroatoms. The molecule has 0 spiro atoms. The first-order valence-corrected chi connectivity index (χ1v) is 23.0. The van der Waals surface area contributed by atoms with Crippen LogP contribution in [0.2, 0.25) is 19.6 Å². The molecule has 3 aromatic heterocycles. The third-order valence-corrected chi connectivity index (χ3v) is 12.9. The number of nitrogens with zero attached hydrogens (tertiary/aromatic N) is 2. The summed E-state index contributed by atoms with van der Waals surface area (Å²) in [5.74, 6) is 0.548. The van der Waals surface area contributed by atoms with Crippen LogP contribution in [0.5, 0.6) is 0 Å². The SMILES string of the molecule is CCC(CC)c1ccnc(-c2[c-]cc(C)c3c2oc2cc(-c4ccccc4)ccc23)c1.Cc1c[c-]c(-c2cc(C)c([Si](C)(C)C)cn2)cc1-c1ccccc1.[Ir]. The van der Waals surface area contributed by atoms with Gasteiger partial charge in [0.15, 0.2) is 0 Å². The molecule has 5 aromatic carbocycles. The van der Waals surface area contributed by atoms with Crippen LogP contribution in [0.1, 0.15) is 54.9 Å². The molecule has 8 rings (SSSR count). The van der Waals surface area contributed by atoms with Gasteiger partial charge in [-0.3, -0.25) is 0 Å². The van der Waals surface area contributed by atoms with Crippen LogP contribution < -0.4 is 5.19 Å². The molecular formula is C51H50IrN2OSi-2. The van der Waals surface area contributed by atoms with Crippen LogP contribution in [0, 0.1) is 32.9 Å². The minimum atomic E-state index is -1.35. The number of aryl methyl sites for hydroxylation is 3. The predicted octanol–water partition coefficient (Wildman–Crippen LogP) is 13.7. The van der Waals surface area contributed by atoms with Gasteiger partial charge in [0.25, 0.3) is 0 Å². The normalized spacial score (nSPS) is 11.4. The molecule has 8 aromatic rings. The Kier molecular flexibility index (Phi) is 12.7. The van der Waals surface area contributed by atoms with E-state index in [0.717, 1.165) is 62.9 Å². The van der Waals surface area contributed by atoms with Crippen molar-refractivity contribution >= 4 is 35.2 Å². The van der Waals surface area contributed by atoms with Crippen molar-refractivity contribution < 1.29 is 24.5 Å². The van der Waals surface area contributed by atoms with Crippen LogP contribution in [-0.2, 0) is 20.1 Å². The fourth-order valence-electron chi connectivity index (χ4n) is 7.71. The Morgan fingerprint density at radius 2 is 1.34 bits per heavy atom. The number of pyridine rings is 2. The van der Waals surface area contributed by atoms with Gasteiger partial charge in [0.1, 0.15) is 5.58 Å². The van der Waals surface area contributed by atoms with E-state index in [4.69, 9.17) is 9.40 Å². The van der Waals surface area contributed by atoms with E-state index >= 15 is 0 Å². The quantitative estimate of drug-likeness (QED) is 0.113. The fraction of sp³-hybridized carbons (Fsp3) is 0.216. The zero-order chi connectivity index (χ0) is 38.7. The number of rotatable bonds is 8. The van der Waals surface area contributed by atoms with Gasteiger partial charge in [0.2, 0.25) is 0 Å². The summed E-state index contributed by atoms with van der Waals surface area (Å²) >= 11 is 0. The van der Waals surface area contributed by atoms with E-state index in [1.54, 1.807) is 0 Å². The fourth-order valence-corrected chi connectivity index (χ4v) is 9.42. The van der Waals surface area contributed by atoms with E-state index < -0.39 is 8.07 Å². The largest absolute Gasteiger partial charge is 0.501 e. The van der Waals surface area contributed by atoms with Crippen molar-refractivity contribution in [3.63, 3.8) is 0 Å². The molecule has 0 saturated heterocycles. The number of benzene rings is 5. The topological polar surface area (TPSA) is 38.9 Å². The summed E-state index contributed by atoms with van der Waals surface area (Å²) in [6.07, 6.45) is 6.24. The Labute approximate surface area is 347 Å². The molecule has 0 aliphatic carbocycles. The van der Waals surface area contributed by atoms with Gasteiger partial charge in [-0.1, -0.05) is 160 Å². The second-order valence-electron chi connectivity index (χ2n) is 15.7. The molecule has 285 valence electrons. The standard InChI is InChI=1S/C29H26NO.C22H24NSi.Ir/c1-4-20(5-2)23-15-16-30-26(17-23)24-13-11-19(3)28-25-14-12-22(18-27(25)31-29(24)28)21-9-7-6-8-10-21;1-16-11-12-19(14-20(16)18-9-7-6-8-10-18)21-13-17(2)22(15-23-21)24(3,4)5;/h6-12,14-18,20H,4-5H2,1-3H3;6-11,13-15H,1-5H3;/q2*-1;. The maximum absolute atomic E-state index is 6.46. The first-order chi connectivity index (χ1) is 26.5. The first kappa shape index (κ1) is 40.7. The van der Waals surface area contributed by atoms with Crippen molar-refractivity contribution in [3.05, 3.63) is 162 Å². The molecule has 0 amide bonds. The third-order valence-electron chi connectivity index (χ3n) is 10.8. The van der Waals surface area contributed by atoms with Crippen molar-refractivity contribution in [3.8, 4) is 44.8 Å². The number of hydrogen-bond donors (Lipinski definition) is 0. The van der Waals surface area contributed by atoms with Gasteiger partial charge in [0.05, 0.1) is 13.7 Å². The van der Waals surface area contributed by atoms with Crippen LogP contribution in [0.4, 0.5) is 0 Å². The molecular weight excluding hydrogens is 877 g/mol. The zero-order valence-corrected chi connectivity index (χ0v) is 37.1. The van der Waals surface area contributed by atoms with Gasteiger partial charge >= 0.3 is 0 Å². The minimum absolute atomic E-state index is 0. The van der Waals surface area contributed by atoms with Crippen LogP contribution in [0.15, 0.2) is 132 Å². The summed E-state index contributed by atoms with van der Waals surface area (Å²) in [5, 5.41) is 3.72. The zero-order valence-electron chi connectivity index (χ0n) is 33.8. The second-order valence-corrected chi connectivity index (χ2v) is 20.7. The summed E-state index contributed by atoms with van der Waals surface area (Å²) < 4.78 is 6.46. The number of aromatic nitrogens is 2. The Morgan fingerprint density at radius 1 is 0.661 bits per heavy atom. The molecule has 0 fully saturated rings. The average Bonchev–Trinajstić information content (AvgIpc) is 3.59. The van der Waals surface area contributed by atoms with Crippen molar-refractivity contribution in [2.45, 2.75) is 73.0 Å². The third kappa shape index (κ3) is 8.56. The van der Waals surface area contributed by atoms with Crippen LogP contribution >= 0.6 is 0 Å². The predicted molar refractivity (Wildman–Crippen MR) is 236 cm³/mol. The molecule has 0 bridgehead atoms. The van der Waals surface area contributed by atoms with E-state index in [2.05, 4.69) is 187 Å². The summed E-state index contributed by atoms with van der Waals surface area (Å²) in [6.45, 7) is 18.0. The van der Waals surface area contributed by atoms with Gasteiger partial charge < -0.3 is 14.4 Å². The average molecular weight is 927 g/mol. The first-order valence-electron chi connectivity index (χ1n) is 19.5. The Bertz CT molecular complexity index is 2580. The summed E-state index contributed by atoms with van der Waals surface area (Å²) in [6, 6.07) is 47.2. The molecule has 0 N–H and O–H groups in total. The number of hydrogen-bond acceptors (Lipinski definition) is 3. The maximum Gasteiger partial charge on any atom is 0.121 e. The Balaban J connectivity index is 0.000000193. The van der Waals surface area contributed by atoms with Crippen LogP contribution in [0.25, 0.3) is 66.7 Å². The monoisotopic (exact) mass is 927 g/mol. The van der Waals surface area contributed by atoms with Crippen LogP contribution in [-0.4, -0.2) is 18.0 Å². The molecule has 0 unspecified atom stereocenters. The van der Waals surface area contributed by atoms with Crippen molar-refractivity contribution in [2.24, 2.45) is 0 Å². The maximum atomic E-state index is 6.46. The van der Waals surface area contributed by atoms with Crippen molar-refractivity contribution in [1.82, 2.24) is 9.97 Å². The van der Waals surface area contributed by atoms with Crippen molar-refractivity contribution in [2.75, 3.05) is 0 Å². The molecule has 56 heavy (non-hydrogen) atoms. The van der Waals surface area contributed by atoms with Crippen LogP contribution in [0.3, 0.4) is 0 Å². The van der Waals surface area contributed by atoms with E-state index in [0.29, 0.717) is 5.92 Å². The summed E-state index contributed by atoms with van der Waals surface area (Å²) in [4.78, 5) is 9.43. The summed E-state index contributed by atoms with van der Waals surface area (Å²) in [5.41, 5.74) is 15.6.